The highest BCUT2D eigenvalue weighted by Gasteiger charge is 2.17. The average Bonchev–Trinajstić information content (AvgIpc) is 3.14. The number of aromatic nitrogens is 2. The quantitative estimate of drug-likeness (QED) is 0.380. The highest BCUT2D eigenvalue weighted by molar-refractivity contribution is 7.99. The van der Waals surface area contributed by atoms with E-state index in [0.29, 0.717) is 52.2 Å². The lowest BCUT2D eigenvalue weighted by Gasteiger charge is -2.18. The van der Waals surface area contributed by atoms with Crippen molar-refractivity contribution in [1.29, 1.82) is 0 Å². The van der Waals surface area contributed by atoms with Gasteiger partial charge in [0.15, 0.2) is 22.4 Å². The topological polar surface area (TPSA) is 70.4 Å². The van der Waals surface area contributed by atoms with Crippen molar-refractivity contribution in [2.45, 2.75) is 18.6 Å². The number of Topliss-reactive ketones (excluding diaryl/α,β-unsaturated/α-hetero) is 1. The van der Waals surface area contributed by atoms with E-state index in [9.17, 15) is 9.59 Å². The third-order valence-electron chi connectivity index (χ3n) is 4.04. The summed E-state index contributed by atoms with van der Waals surface area (Å²) in [5.74, 6) is 1.40. The largest absolute Gasteiger partial charge is 0.486 e. The second kappa shape index (κ2) is 7.13. The molecule has 0 N–H and O–H groups in total. The molecule has 3 heterocycles. The van der Waals surface area contributed by atoms with Crippen LogP contribution in [0.4, 0.5) is 0 Å². The summed E-state index contributed by atoms with van der Waals surface area (Å²) in [6, 6.07) is 7.02. The minimum Gasteiger partial charge on any atom is -0.486 e. The molecule has 6 nitrogen and oxygen atoms in total. The molecule has 134 valence electrons. The molecule has 3 aromatic rings. The number of thiophene rings is 1. The van der Waals surface area contributed by atoms with Crippen molar-refractivity contribution in [2.75, 3.05) is 19.0 Å². The molecule has 1 aromatic carbocycles. The molecule has 0 atom stereocenters. The van der Waals surface area contributed by atoms with E-state index in [1.807, 2.05) is 18.4 Å². The van der Waals surface area contributed by atoms with Gasteiger partial charge in [-0.1, -0.05) is 11.8 Å². The van der Waals surface area contributed by atoms with E-state index in [2.05, 4.69) is 4.98 Å². The van der Waals surface area contributed by atoms with Crippen LogP contribution in [-0.4, -0.2) is 34.3 Å². The summed E-state index contributed by atoms with van der Waals surface area (Å²) >= 11 is 2.67. The molecular formula is C18H16N2O4S2. The highest BCUT2D eigenvalue weighted by Crippen LogP contribution is 2.31. The molecular weight excluding hydrogens is 372 g/mol. The second-order valence-corrected chi connectivity index (χ2v) is 7.51. The van der Waals surface area contributed by atoms with Crippen LogP contribution in [-0.2, 0) is 6.54 Å². The predicted molar refractivity (Wildman–Crippen MR) is 102 cm³/mol. The molecule has 0 radical (unpaired) electrons. The maximum Gasteiger partial charge on any atom is 0.272 e. The van der Waals surface area contributed by atoms with Crippen LogP contribution in [0.1, 0.15) is 17.3 Å². The lowest BCUT2D eigenvalue weighted by Crippen LogP contribution is -2.22. The number of hydrogen-bond acceptors (Lipinski definition) is 7. The third kappa shape index (κ3) is 3.10. The van der Waals surface area contributed by atoms with E-state index < -0.39 is 0 Å². The van der Waals surface area contributed by atoms with E-state index in [0.717, 1.165) is 0 Å². The third-order valence-corrected chi connectivity index (χ3v) is 5.91. The normalized spacial score (nSPS) is 13.1. The molecule has 4 rings (SSSR count). The SMILES string of the molecule is CCn1c(SCC(=O)c2ccc3c(c2)OCCO3)nc2ccsc2c1=O. The van der Waals surface area contributed by atoms with E-state index in [4.69, 9.17) is 9.47 Å². The second-order valence-electron chi connectivity index (χ2n) is 5.65. The standard InChI is InChI=1S/C18H16N2O4S2/c1-2-20-17(22)16-12(5-8-25-16)19-18(20)26-10-13(21)11-3-4-14-15(9-11)24-7-6-23-14/h3-5,8-9H,2,6-7,10H2,1H3. The Morgan fingerprint density at radius 1 is 1.27 bits per heavy atom. The van der Waals surface area contributed by atoms with Gasteiger partial charge in [-0.25, -0.2) is 4.98 Å². The molecule has 1 aliphatic rings. The molecule has 2 aromatic heterocycles. The fourth-order valence-electron chi connectivity index (χ4n) is 2.74. The monoisotopic (exact) mass is 388 g/mol. The van der Waals surface area contributed by atoms with Gasteiger partial charge in [0.25, 0.3) is 5.56 Å². The van der Waals surface area contributed by atoms with Crippen LogP contribution in [0.25, 0.3) is 10.2 Å². The molecule has 0 saturated heterocycles. The van der Waals surface area contributed by atoms with Gasteiger partial charge in [0.1, 0.15) is 17.9 Å². The van der Waals surface area contributed by atoms with Gasteiger partial charge >= 0.3 is 0 Å². The summed E-state index contributed by atoms with van der Waals surface area (Å²) in [4.78, 5) is 29.6. The number of benzene rings is 1. The number of fused-ring (bicyclic) bond motifs is 2. The number of carbonyl (C=O) groups excluding carboxylic acids is 1. The maximum absolute atomic E-state index is 12.6. The van der Waals surface area contributed by atoms with Gasteiger partial charge in [-0.15, -0.1) is 11.3 Å². The van der Waals surface area contributed by atoms with Crippen molar-refractivity contribution in [3.63, 3.8) is 0 Å². The van der Waals surface area contributed by atoms with E-state index in [1.54, 1.807) is 22.8 Å². The number of nitrogens with zero attached hydrogens (tertiary/aromatic N) is 2. The van der Waals surface area contributed by atoms with Crippen LogP contribution in [0, 0.1) is 0 Å². The zero-order chi connectivity index (χ0) is 18.1. The van der Waals surface area contributed by atoms with Crippen LogP contribution in [0.15, 0.2) is 39.6 Å². The van der Waals surface area contributed by atoms with Crippen LogP contribution < -0.4 is 15.0 Å². The van der Waals surface area contributed by atoms with Crippen molar-refractivity contribution in [1.82, 2.24) is 9.55 Å². The van der Waals surface area contributed by atoms with E-state index in [-0.39, 0.29) is 17.1 Å². The first-order valence-electron chi connectivity index (χ1n) is 8.21. The van der Waals surface area contributed by atoms with Crippen molar-refractivity contribution in [3.05, 3.63) is 45.6 Å². The van der Waals surface area contributed by atoms with E-state index in [1.165, 1.54) is 23.1 Å². The minimum absolute atomic E-state index is 0.0470. The molecule has 8 heteroatoms. The van der Waals surface area contributed by atoms with Gasteiger partial charge in [0, 0.05) is 12.1 Å². The van der Waals surface area contributed by atoms with Crippen molar-refractivity contribution in [3.8, 4) is 11.5 Å². The lowest BCUT2D eigenvalue weighted by atomic mass is 10.1. The Labute approximate surface area is 157 Å². The van der Waals surface area contributed by atoms with Gasteiger partial charge in [-0.2, -0.15) is 0 Å². The predicted octanol–water partition coefficient (Wildman–Crippen LogP) is 3.22. The van der Waals surface area contributed by atoms with Crippen molar-refractivity contribution >= 4 is 39.1 Å². The Bertz CT molecular complexity index is 1040. The summed E-state index contributed by atoms with van der Waals surface area (Å²) in [6.45, 7) is 3.41. The summed E-state index contributed by atoms with van der Waals surface area (Å²) < 4.78 is 13.3. The molecule has 0 fully saturated rings. The van der Waals surface area contributed by atoms with Gasteiger partial charge in [-0.05, 0) is 36.6 Å². The Morgan fingerprint density at radius 3 is 2.88 bits per heavy atom. The number of rotatable bonds is 5. The summed E-state index contributed by atoms with van der Waals surface area (Å²) in [5.41, 5.74) is 1.18. The average molecular weight is 388 g/mol. The Hall–Kier alpha value is -2.32. The molecule has 0 spiro atoms. The van der Waals surface area contributed by atoms with Crippen LogP contribution in [0.2, 0.25) is 0 Å². The van der Waals surface area contributed by atoms with Crippen LogP contribution in [0.5, 0.6) is 11.5 Å². The first-order chi connectivity index (χ1) is 12.7. The number of thioether (sulfide) groups is 1. The van der Waals surface area contributed by atoms with Crippen molar-refractivity contribution in [2.24, 2.45) is 0 Å². The van der Waals surface area contributed by atoms with Gasteiger partial charge in [0.2, 0.25) is 0 Å². The van der Waals surface area contributed by atoms with Crippen LogP contribution >= 0.6 is 23.1 Å². The summed E-state index contributed by atoms with van der Waals surface area (Å²) in [7, 11) is 0. The molecule has 1 aliphatic heterocycles. The smallest absolute Gasteiger partial charge is 0.272 e. The lowest BCUT2D eigenvalue weighted by molar-refractivity contribution is 0.102. The number of ether oxygens (including phenoxy) is 2. The van der Waals surface area contributed by atoms with Gasteiger partial charge < -0.3 is 9.47 Å². The molecule has 0 saturated carbocycles. The maximum atomic E-state index is 12.6. The highest BCUT2D eigenvalue weighted by atomic mass is 32.2. The van der Waals surface area contributed by atoms with Crippen molar-refractivity contribution < 1.29 is 14.3 Å². The minimum atomic E-state index is -0.0539. The van der Waals surface area contributed by atoms with Gasteiger partial charge in [0.05, 0.1) is 11.3 Å². The Kier molecular flexibility index (Phi) is 4.69. The summed E-state index contributed by atoms with van der Waals surface area (Å²) in [5, 5.41) is 2.42. The molecule has 0 aliphatic carbocycles. The molecule has 0 bridgehead atoms. The Balaban J connectivity index is 1.56. The first-order valence-corrected chi connectivity index (χ1v) is 10.1. The van der Waals surface area contributed by atoms with E-state index >= 15 is 0 Å². The van der Waals surface area contributed by atoms with Gasteiger partial charge in [-0.3, -0.25) is 14.2 Å². The summed E-state index contributed by atoms with van der Waals surface area (Å²) in [6.07, 6.45) is 0. The number of ketones is 1. The number of carbonyl (C=O) groups is 1. The zero-order valence-electron chi connectivity index (χ0n) is 14.1. The molecule has 26 heavy (non-hydrogen) atoms. The first kappa shape index (κ1) is 17.1. The zero-order valence-corrected chi connectivity index (χ0v) is 15.7. The fourth-order valence-corrected chi connectivity index (χ4v) is 4.48. The Morgan fingerprint density at radius 2 is 2.08 bits per heavy atom. The fraction of sp³-hybridized carbons (Fsp3) is 0.278. The molecule has 0 unspecified atom stereocenters. The number of hydrogen-bond donors (Lipinski definition) is 0. The van der Waals surface area contributed by atoms with Crippen LogP contribution in [0.3, 0.4) is 0 Å². The molecule has 0 amide bonds.